The molecule has 2 aromatic rings. The molecule has 6 nitrogen and oxygen atoms in total. The average molecular weight is 416 g/mol. The Bertz CT molecular complexity index is 911. The predicted octanol–water partition coefficient (Wildman–Crippen LogP) is 3.29. The molecule has 3 rings (SSSR count). The van der Waals surface area contributed by atoms with Gasteiger partial charge >= 0.3 is 6.61 Å². The molecule has 2 aromatic carbocycles. The maximum atomic E-state index is 12.5. The van der Waals surface area contributed by atoms with Gasteiger partial charge in [0.15, 0.2) is 11.5 Å². The smallest absolute Gasteiger partial charge is 0.387 e. The van der Waals surface area contributed by atoms with E-state index >= 15 is 0 Å². The highest BCUT2D eigenvalue weighted by molar-refractivity contribution is 5.95. The zero-order chi connectivity index (χ0) is 21.5. The van der Waals surface area contributed by atoms with Crippen LogP contribution in [0, 0.1) is 0 Å². The molecule has 0 saturated carbocycles. The summed E-state index contributed by atoms with van der Waals surface area (Å²) in [4.78, 5) is 28.3. The summed E-state index contributed by atoms with van der Waals surface area (Å²) in [5.74, 6) is -0.154. The van der Waals surface area contributed by atoms with Crippen molar-refractivity contribution < 1.29 is 27.8 Å². The Morgan fingerprint density at radius 1 is 0.967 bits per heavy atom. The van der Waals surface area contributed by atoms with Crippen molar-refractivity contribution >= 4 is 17.9 Å². The fraction of sp³-hybridized carbons (Fsp3) is 0.273. The van der Waals surface area contributed by atoms with E-state index in [4.69, 9.17) is 4.74 Å². The highest BCUT2D eigenvalue weighted by Crippen LogP contribution is 2.29. The van der Waals surface area contributed by atoms with Crippen molar-refractivity contribution in [3.63, 3.8) is 0 Å². The number of ether oxygens (including phenoxy) is 2. The van der Waals surface area contributed by atoms with E-state index in [9.17, 15) is 18.4 Å². The number of nitrogens with zero attached hydrogens (tertiary/aromatic N) is 2. The van der Waals surface area contributed by atoms with Gasteiger partial charge in [-0.15, -0.1) is 0 Å². The first-order valence-electron chi connectivity index (χ1n) is 9.42. The third-order valence-electron chi connectivity index (χ3n) is 4.72. The second-order valence-corrected chi connectivity index (χ2v) is 6.61. The molecule has 158 valence electrons. The quantitative estimate of drug-likeness (QED) is 0.678. The molecular weight excluding hydrogens is 394 g/mol. The maximum Gasteiger partial charge on any atom is 0.387 e. The summed E-state index contributed by atoms with van der Waals surface area (Å²) < 4.78 is 34.2. The molecule has 2 amide bonds. The molecule has 0 aliphatic carbocycles. The van der Waals surface area contributed by atoms with Crippen LogP contribution in [0.25, 0.3) is 6.08 Å². The molecule has 0 bridgehead atoms. The van der Waals surface area contributed by atoms with Gasteiger partial charge in [0, 0.05) is 37.8 Å². The number of amides is 2. The first-order chi connectivity index (χ1) is 14.5. The summed E-state index contributed by atoms with van der Waals surface area (Å²) in [6, 6.07) is 13.5. The van der Waals surface area contributed by atoms with Crippen molar-refractivity contribution in [3.8, 4) is 11.5 Å². The highest BCUT2D eigenvalue weighted by atomic mass is 19.3. The van der Waals surface area contributed by atoms with E-state index in [1.807, 2.05) is 18.2 Å². The Balaban J connectivity index is 1.57. The molecule has 0 atom stereocenters. The maximum absolute atomic E-state index is 12.5. The van der Waals surface area contributed by atoms with Gasteiger partial charge in [-0.25, -0.2) is 0 Å². The van der Waals surface area contributed by atoms with Gasteiger partial charge in [-0.3, -0.25) is 9.59 Å². The van der Waals surface area contributed by atoms with E-state index in [0.29, 0.717) is 37.3 Å². The number of alkyl halides is 2. The average Bonchev–Trinajstić information content (AvgIpc) is 2.78. The zero-order valence-electron chi connectivity index (χ0n) is 16.5. The Hall–Kier alpha value is -3.42. The number of benzene rings is 2. The third kappa shape index (κ3) is 5.34. The van der Waals surface area contributed by atoms with Crippen LogP contribution in [0.1, 0.15) is 15.9 Å². The minimum absolute atomic E-state index is 0.0450. The minimum Gasteiger partial charge on any atom is -0.493 e. The predicted molar refractivity (Wildman–Crippen MR) is 108 cm³/mol. The van der Waals surface area contributed by atoms with Crippen LogP contribution in [-0.2, 0) is 4.79 Å². The number of rotatable bonds is 6. The van der Waals surface area contributed by atoms with Crippen molar-refractivity contribution in [3.05, 3.63) is 65.7 Å². The molecule has 0 unspecified atom stereocenters. The van der Waals surface area contributed by atoms with Crippen molar-refractivity contribution in [1.82, 2.24) is 9.80 Å². The van der Waals surface area contributed by atoms with Gasteiger partial charge in [-0.1, -0.05) is 24.3 Å². The number of hydrogen-bond acceptors (Lipinski definition) is 4. The molecule has 0 aromatic heterocycles. The van der Waals surface area contributed by atoms with E-state index in [-0.39, 0.29) is 23.3 Å². The summed E-state index contributed by atoms with van der Waals surface area (Å²) in [5.41, 5.74) is 1.24. The Kier molecular flexibility index (Phi) is 7.00. The second-order valence-electron chi connectivity index (χ2n) is 6.61. The third-order valence-corrected chi connectivity index (χ3v) is 4.72. The number of methoxy groups -OCH3 is 1. The largest absolute Gasteiger partial charge is 0.493 e. The number of carbonyl (C=O) groups excluding carboxylic acids is 2. The van der Waals surface area contributed by atoms with E-state index in [1.165, 1.54) is 25.3 Å². The summed E-state index contributed by atoms with van der Waals surface area (Å²) in [6.07, 6.45) is 3.00. The first-order valence-corrected chi connectivity index (χ1v) is 9.42. The SMILES string of the molecule is COc1cc(C=CC(=O)N2CCN(C(=O)c3ccccc3)CC2)ccc1OC(F)F. The van der Waals surface area contributed by atoms with E-state index in [0.717, 1.165) is 0 Å². The standard InChI is InChI=1S/C22H22F2N2O4/c1-29-19-15-16(7-9-18(19)30-22(23)24)8-10-20(27)25-11-13-26(14-12-25)21(28)17-5-3-2-4-6-17/h2-10,15,22H,11-14H2,1H3. The lowest BCUT2D eigenvalue weighted by molar-refractivity contribution is -0.127. The molecule has 8 heteroatoms. The molecule has 0 spiro atoms. The lowest BCUT2D eigenvalue weighted by Crippen LogP contribution is -2.50. The molecule has 1 fully saturated rings. The van der Waals surface area contributed by atoms with Crippen LogP contribution in [0.2, 0.25) is 0 Å². The summed E-state index contributed by atoms with van der Waals surface area (Å²) in [6.45, 7) is -1.16. The normalized spacial score (nSPS) is 14.3. The lowest BCUT2D eigenvalue weighted by Gasteiger charge is -2.34. The van der Waals surface area contributed by atoms with Gasteiger partial charge in [-0.2, -0.15) is 8.78 Å². The molecule has 0 radical (unpaired) electrons. The molecular formula is C22H22F2N2O4. The molecule has 1 aliphatic heterocycles. The summed E-state index contributed by atoms with van der Waals surface area (Å²) in [7, 11) is 1.35. The number of piperazine rings is 1. The summed E-state index contributed by atoms with van der Waals surface area (Å²) in [5, 5.41) is 0. The van der Waals surface area contributed by atoms with Crippen LogP contribution < -0.4 is 9.47 Å². The van der Waals surface area contributed by atoms with Crippen LogP contribution in [0.15, 0.2) is 54.6 Å². The zero-order valence-corrected chi connectivity index (χ0v) is 16.5. The number of halogens is 2. The first kappa shape index (κ1) is 21.3. The van der Waals surface area contributed by atoms with Crippen LogP contribution in [0.5, 0.6) is 11.5 Å². The van der Waals surface area contributed by atoms with Crippen molar-refractivity contribution in [1.29, 1.82) is 0 Å². The fourth-order valence-corrected chi connectivity index (χ4v) is 3.15. The van der Waals surface area contributed by atoms with Crippen LogP contribution >= 0.6 is 0 Å². The lowest BCUT2D eigenvalue weighted by atomic mass is 10.1. The Morgan fingerprint density at radius 2 is 1.63 bits per heavy atom. The van der Waals surface area contributed by atoms with Crippen LogP contribution in [0.3, 0.4) is 0 Å². The number of hydrogen-bond donors (Lipinski definition) is 0. The Morgan fingerprint density at radius 3 is 2.27 bits per heavy atom. The Labute approximate surface area is 173 Å². The monoisotopic (exact) mass is 416 g/mol. The second kappa shape index (κ2) is 9.87. The van der Waals surface area contributed by atoms with Gasteiger partial charge in [0.25, 0.3) is 5.91 Å². The van der Waals surface area contributed by atoms with Gasteiger partial charge in [-0.05, 0) is 35.9 Å². The molecule has 1 saturated heterocycles. The van der Waals surface area contributed by atoms with E-state index in [1.54, 1.807) is 34.1 Å². The number of carbonyl (C=O) groups is 2. The van der Waals surface area contributed by atoms with Crippen molar-refractivity contribution in [2.45, 2.75) is 6.61 Å². The van der Waals surface area contributed by atoms with Crippen molar-refractivity contribution in [2.24, 2.45) is 0 Å². The molecule has 0 N–H and O–H groups in total. The fourth-order valence-electron chi connectivity index (χ4n) is 3.15. The highest BCUT2D eigenvalue weighted by Gasteiger charge is 2.23. The minimum atomic E-state index is -2.95. The molecule has 30 heavy (non-hydrogen) atoms. The van der Waals surface area contributed by atoms with Crippen LogP contribution in [-0.4, -0.2) is 61.5 Å². The molecule has 1 heterocycles. The van der Waals surface area contributed by atoms with Gasteiger partial charge in [0.1, 0.15) is 0 Å². The van der Waals surface area contributed by atoms with E-state index in [2.05, 4.69) is 4.74 Å². The molecule has 1 aliphatic rings. The van der Waals surface area contributed by atoms with Gasteiger partial charge < -0.3 is 19.3 Å². The summed E-state index contributed by atoms with van der Waals surface area (Å²) >= 11 is 0. The van der Waals surface area contributed by atoms with Gasteiger partial charge in [0.2, 0.25) is 5.91 Å². The van der Waals surface area contributed by atoms with E-state index < -0.39 is 6.61 Å². The van der Waals surface area contributed by atoms with Crippen LogP contribution in [0.4, 0.5) is 8.78 Å². The topological polar surface area (TPSA) is 59.1 Å². The van der Waals surface area contributed by atoms with Gasteiger partial charge in [0.05, 0.1) is 7.11 Å². The van der Waals surface area contributed by atoms with Crippen molar-refractivity contribution in [2.75, 3.05) is 33.3 Å².